The highest BCUT2D eigenvalue weighted by molar-refractivity contribution is 9.10. The highest BCUT2D eigenvalue weighted by atomic mass is 79.9. The summed E-state index contributed by atoms with van der Waals surface area (Å²) in [6.45, 7) is 4.01. The van der Waals surface area contributed by atoms with E-state index in [2.05, 4.69) is 69.8 Å². The molecule has 9 aliphatic rings. The molecular formula is C51H60BrN9O3. The number of nitrogens with zero attached hydrogens (tertiary/aromatic N) is 5. The van der Waals surface area contributed by atoms with Gasteiger partial charge in [0.05, 0.1) is 50.4 Å². The number of imidazole rings is 1. The summed E-state index contributed by atoms with van der Waals surface area (Å²) in [4.78, 5) is 31.0. The van der Waals surface area contributed by atoms with Gasteiger partial charge in [-0.2, -0.15) is 15.3 Å². The first kappa shape index (κ1) is 40.8. The molecule has 5 aromatic heterocycles. The third-order valence-corrected chi connectivity index (χ3v) is 15.5. The summed E-state index contributed by atoms with van der Waals surface area (Å²) >= 11 is 3.64. The smallest absolute Gasteiger partial charge is 0.143 e. The van der Waals surface area contributed by atoms with Gasteiger partial charge in [0.1, 0.15) is 23.2 Å². The second kappa shape index (κ2) is 16.3. The molecule has 334 valence electrons. The van der Waals surface area contributed by atoms with E-state index in [1.165, 1.54) is 140 Å². The zero-order valence-electron chi connectivity index (χ0n) is 37.2. The van der Waals surface area contributed by atoms with Crippen LogP contribution in [0.25, 0.3) is 33.3 Å². The normalized spacial score (nSPS) is 21.4. The van der Waals surface area contributed by atoms with Gasteiger partial charge in [-0.25, -0.2) is 4.98 Å². The first-order chi connectivity index (χ1) is 31.2. The second-order valence-electron chi connectivity index (χ2n) is 20.8. The van der Waals surface area contributed by atoms with Gasteiger partial charge in [0.25, 0.3) is 0 Å². The average molecular weight is 927 g/mol. The lowest BCUT2D eigenvalue weighted by atomic mass is 9.93. The van der Waals surface area contributed by atoms with Crippen molar-refractivity contribution in [2.75, 3.05) is 0 Å². The number of nitrogens with one attached hydrogen (secondary N) is 4. The summed E-state index contributed by atoms with van der Waals surface area (Å²) in [5.41, 5.74) is 15.7. The lowest BCUT2D eigenvalue weighted by molar-refractivity contribution is -0.128. The molecule has 9 saturated carbocycles. The Bertz CT molecular complexity index is 2590. The molecule has 1 aromatic carbocycles. The minimum Gasteiger partial charge on any atom is -0.361 e. The minimum absolute atomic E-state index is 0.196. The molecule has 9 fully saturated rings. The van der Waals surface area contributed by atoms with Gasteiger partial charge in [0.2, 0.25) is 0 Å². The van der Waals surface area contributed by atoms with Gasteiger partial charge in [-0.1, -0.05) is 5.16 Å². The maximum atomic E-state index is 11.1. The van der Waals surface area contributed by atoms with Crippen molar-refractivity contribution in [1.82, 2.24) is 45.7 Å². The zero-order valence-corrected chi connectivity index (χ0v) is 38.8. The van der Waals surface area contributed by atoms with Crippen LogP contribution in [0, 0.1) is 25.7 Å². The number of hydrogen-bond acceptors (Lipinski definition) is 8. The Balaban J connectivity index is 0.000000104. The largest absolute Gasteiger partial charge is 0.361 e. The Morgan fingerprint density at radius 1 is 0.625 bits per heavy atom. The van der Waals surface area contributed by atoms with E-state index in [1.807, 2.05) is 13.8 Å². The standard InChI is InChI=1S/C24H25N5O.C9H11BrN2.C9H12N2.C9H12O2/c1-11-19(12(2)30-29-11)16-9-17(23-18(10-16)25-24(26-23)15-7-8-15)20-21(13-3-4-13)27-28-22(20)14-5-6-14;10-7-8(5-1-2-5)11-12-9(7)6-3-4-6;1-2-6(1)8-5-9(11-10-8)7-3-4-7;10-8(6-1-2-6)5-9(11)7-3-4-7/h9-10,13-15H,3-8H2,1-2H3,(H,25,26)(H,27,28);5-6H,1-4H2,(H,11,12);5-7H,1-4H2,(H,10,11);6-7H,1-5H2. The molecule has 6 aromatic rings. The van der Waals surface area contributed by atoms with Gasteiger partial charge < -0.3 is 9.51 Å². The molecule has 4 N–H and O–H groups in total. The lowest BCUT2D eigenvalue weighted by Gasteiger charge is -2.10. The average Bonchev–Trinajstić information content (AvgIpc) is 4.13. The van der Waals surface area contributed by atoms with Crippen LogP contribution in [0.4, 0.5) is 0 Å². The van der Waals surface area contributed by atoms with Gasteiger partial charge in [0, 0.05) is 81.3 Å². The van der Waals surface area contributed by atoms with E-state index in [1.54, 1.807) is 0 Å². The van der Waals surface area contributed by atoms with Crippen molar-refractivity contribution in [3.8, 4) is 22.3 Å². The van der Waals surface area contributed by atoms with Crippen molar-refractivity contribution in [2.45, 2.75) is 177 Å². The summed E-state index contributed by atoms with van der Waals surface area (Å²) in [6, 6.07) is 6.79. The third-order valence-electron chi connectivity index (χ3n) is 14.7. The Morgan fingerprint density at radius 2 is 1.20 bits per heavy atom. The van der Waals surface area contributed by atoms with Crippen LogP contribution >= 0.6 is 15.9 Å². The monoisotopic (exact) mass is 925 g/mol. The van der Waals surface area contributed by atoms with Crippen LogP contribution in [-0.4, -0.2) is 57.3 Å². The van der Waals surface area contributed by atoms with E-state index in [0.29, 0.717) is 17.8 Å². The van der Waals surface area contributed by atoms with E-state index in [-0.39, 0.29) is 29.8 Å². The predicted molar refractivity (Wildman–Crippen MR) is 247 cm³/mol. The molecule has 0 atom stereocenters. The number of benzene rings is 1. The maximum Gasteiger partial charge on any atom is 0.143 e. The summed E-state index contributed by atoms with van der Waals surface area (Å²) in [5, 5.41) is 27.4. The molecule has 9 aliphatic carbocycles. The molecular weight excluding hydrogens is 867 g/mol. The highest BCUT2D eigenvalue weighted by Gasteiger charge is 2.39. The Kier molecular flexibility index (Phi) is 10.4. The van der Waals surface area contributed by atoms with Gasteiger partial charge in [-0.3, -0.25) is 24.9 Å². The zero-order chi connectivity index (χ0) is 43.2. The van der Waals surface area contributed by atoms with Crippen molar-refractivity contribution in [3.05, 3.63) is 74.1 Å². The Hall–Kier alpha value is -4.65. The van der Waals surface area contributed by atoms with Crippen molar-refractivity contribution in [3.63, 3.8) is 0 Å². The number of aryl methyl sites for hydroxylation is 2. The van der Waals surface area contributed by atoms with E-state index < -0.39 is 0 Å². The van der Waals surface area contributed by atoms with Gasteiger partial charge in [0.15, 0.2) is 0 Å². The van der Waals surface area contributed by atoms with Crippen molar-refractivity contribution in [1.29, 1.82) is 0 Å². The highest BCUT2D eigenvalue weighted by Crippen LogP contribution is 2.52. The molecule has 0 bridgehead atoms. The van der Waals surface area contributed by atoms with Crippen LogP contribution in [-0.2, 0) is 9.59 Å². The number of fused-ring (bicyclic) bond motifs is 1. The number of halogens is 1. The molecule has 13 heteroatoms. The third kappa shape index (κ3) is 8.99. The van der Waals surface area contributed by atoms with Crippen molar-refractivity contribution in [2.24, 2.45) is 11.8 Å². The number of Topliss-reactive ketones (excluding diaryl/α,β-unsaturated/α-hetero) is 2. The summed E-state index contributed by atoms with van der Waals surface area (Å²) in [6.07, 6.45) is 22.6. The Morgan fingerprint density at radius 3 is 1.78 bits per heavy atom. The molecule has 0 amide bonds. The molecule has 64 heavy (non-hydrogen) atoms. The number of hydrogen-bond donors (Lipinski definition) is 4. The SMILES string of the molecule is Brc1c(C2CC2)n[nH]c1C1CC1.Cc1noc(C)c1-c1cc(-c2c(C3CC3)n[nH]c2C2CC2)c2nc(C3CC3)[nH]c2c1.O=C(CC(=O)C1CC1)C1CC1.c1c(C2CC2)n[nH]c1C1CC1. The fourth-order valence-electron chi connectivity index (χ4n) is 9.33. The second-order valence-corrected chi connectivity index (χ2v) is 21.6. The van der Waals surface area contributed by atoms with Gasteiger partial charge in [-0.15, -0.1) is 0 Å². The first-order valence-corrected chi connectivity index (χ1v) is 25.4. The number of ketones is 2. The van der Waals surface area contributed by atoms with Gasteiger partial charge in [-0.05, 0) is 169 Å². The van der Waals surface area contributed by atoms with E-state index in [0.717, 1.165) is 88.8 Å². The quantitative estimate of drug-likeness (QED) is 0.0828. The van der Waals surface area contributed by atoms with E-state index in [4.69, 9.17) is 14.6 Å². The number of aromatic nitrogens is 9. The van der Waals surface area contributed by atoms with Crippen LogP contribution in [0.5, 0.6) is 0 Å². The number of carbonyl (C=O) groups excluding carboxylic acids is 2. The van der Waals surface area contributed by atoms with E-state index >= 15 is 0 Å². The molecule has 0 aliphatic heterocycles. The van der Waals surface area contributed by atoms with Crippen molar-refractivity contribution < 1.29 is 14.1 Å². The van der Waals surface area contributed by atoms with Crippen LogP contribution in [0.2, 0.25) is 0 Å². The molecule has 15 rings (SSSR count). The number of H-pyrrole nitrogens is 4. The van der Waals surface area contributed by atoms with E-state index in [9.17, 15) is 9.59 Å². The maximum absolute atomic E-state index is 11.1. The van der Waals surface area contributed by atoms with Crippen molar-refractivity contribution >= 4 is 38.5 Å². The predicted octanol–water partition coefficient (Wildman–Crippen LogP) is 12.3. The fraction of sp³-hybridized carbons (Fsp3) is 0.588. The number of carbonyl (C=O) groups is 2. The summed E-state index contributed by atoms with van der Waals surface area (Å²) < 4.78 is 6.77. The molecule has 0 unspecified atom stereocenters. The molecule has 0 spiro atoms. The first-order valence-electron chi connectivity index (χ1n) is 24.6. The topological polar surface area (TPSA) is 175 Å². The molecule has 0 radical (unpaired) electrons. The van der Waals surface area contributed by atoms with Crippen LogP contribution in [0.3, 0.4) is 0 Å². The summed E-state index contributed by atoms with van der Waals surface area (Å²) in [5.74, 6) is 7.85. The van der Waals surface area contributed by atoms with Crippen LogP contribution < -0.4 is 0 Å². The van der Waals surface area contributed by atoms with Crippen LogP contribution in [0.15, 0.2) is 27.2 Å². The Labute approximate surface area is 382 Å². The number of rotatable bonds is 13. The molecule has 5 heterocycles. The fourth-order valence-corrected chi connectivity index (χ4v) is 10.2. The lowest BCUT2D eigenvalue weighted by Crippen LogP contribution is -2.10. The van der Waals surface area contributed by atoms with Gasteiger partial charge >= 0.3 is 0 Å². The molecule has 0 saturated heterocycles. The minimum atomic E-state index is 0.196. The number of aromatic amines is 4. The summed E-state index contributed by atoms with van der Waals surface area (Å²) in [7, 11) is 0. The van der Waals surface area contributed by atoms with Crippen LogP contribution in [0.1, 0.15) is 215 Å². The molecule has 12 nitrogen and oxygen atoms in total.